The minimum atomic E-state index is -0.0601. The largest absolute Gasteiger partial charge is 0.294 e. The molecule has 0 aromatic heterocycles. The number of benzene rings is 3. The molecule has 1 fully saturated rings. The van der Waals surface area contributed by atoms with E-state index < -0.39 is 0 Å². The normalized spacial score (nSPS) is 22.3. The van der Waals surface area contributed by atoms with Crippen molar-refractivity contribution in [3.63, 3.8) is 0 Å². The van der Waals surface area contributed by atoms with Crippen LogP contribution in [0.3, 0.4) is 0 Å². The van der Waals surface area contributed by atoms with E-state index in [4.69, 9.17) is 0 Å². The van der Waals surface area contributed by atoms with Gasteiger partial charge in [-0.25, -0.2) is 0 Å². The van der Waals surface area contributed by atoms with Gasteiger partial charge in [0, 0.05) is 0 Å². The Morgan fingerprint density at radius 1 is 0.706 bits per heavy atom. The van der Waals surface area contributed by atoms with E-state index in [1.807, 2.05) is 12.2 Å². The fourth-order valence-corrected chi connectivity index (χ4v) is 6.72. The van der Waals surface area contributed by atoms with Gasteiger partial charge in [0.25, 0.3) is 0 Å². The Morgan fingerprint density at radius 3 is 2.35 bits per heavy atom. The first-order valence-electron chi connectivity index (χ1n) is 13.3. The molecule has 0 spiro atoms. The van der Waals surface area contributed by atoms with Crippen LogP contribution in [-0.4, -0.2) is 5.78 Å². The molecule has 0 aliphatic heterocycles. The lowest BCUT2D eigenvalue weighted by Gasteiger charge is -2.33. The Labute approximate surface area is 203 Å². The Morgan fingerprint density at radius 2 is 1.50 bits per heavy atom. The fraction of sp³-hybridized carbons (Fsp3) is 0.364. The zero-order valence-electron chi connectivity index (χ0n) is 20.0. The molecule has 0 N–H and O–H groups in total. The SMILES string of the molecule is O=C1C=Cc2ccc(Cc3ccc(C4CCCCC4)cc3)cc2C1[C@H]1CCCc2ccccc21. The second-order valence-corrected chi connectivity index (χ2v) is 10.6. The Kier molecular flexibility index (Phi) is 5.95. The molecule has 6 rings (SSSR count). The Balaban J connectivity index is 1.28. The van der Waals surface area contributed by atoms with Gasteiger partial charge in [-0.05, 0) is 95.4 Å². The van der Waals surface area contributed by atoms with Crippen LogP contribution in [0, 0.1) is 0 Å². The van der Waals surface area contributed by atoms with Crippen molar-refractivity contribution in [1.82, 2.24) is 0 Å². The molecule has 0 bridgehead atoms. The molecule has 34 heavy (non-hydrogen) atoms. The maximum atomic E-state index is 13.2. The number of ketones is 1. The third-order valence-electron chi connectivity index (χ3n) is 8.50. The molecule has 3 aliphatic rings. The highest BCUT2D eigenvalue weighted by atomic mass is 16.1. The molecular weight excluding hydrogens is 412 g/mol. The zero-order chi connectivity index (χ0) is 22.9. The highest BCUT2D eigenvalue weighted by Gasteiger charge is 2.35. The highest BCUT2D eigenvalue weighted by molar-refractivity contribution is 6.02. The van der Waals surface area contributed by atoms with E-state index in [1.165, 1.54) is 71.0 Å². The van der Waals surface area contributed by atoms with Gasteiger partial charge in [-0.1, -0.05) is 92.1 Å². The van der Waals surface area contributed by atoms with Crippen LogP contribution in [0.1, 0.15) is 102 Å². The minimum Gasteiger partial charge on any atom is -0.294 e. The fourth-order valence-electron chi connectivity index (χ4n) is 6.72. The molecule has 0 radical (unpaired) electrons. The van der Waals surface area contributed by atoms with Crippen molar-refractivity contribution >= 4 is 11.9 Å². The van der Waals surface area contributed by atoms with E-state index in [-0.39, 0.29) is 17.6 Å². The first-order chi connectivity index (χ1) is 16.8. The predicted octanol–water partition coefficient (Wildman–Crippen LogP) is 8.12. The first kappa shape index (κ1) is 21.6. The molecule has 3 aliphatic carbocycles. The van der Waals surface area contributed by atoms with E-state index in [2.05, 4.69) is 66.7 Å². The minimum absolute atomic E-state index is 0.0601. The maximum Gasteiger partial charge on any atom is 0.163 e. The number of hydrogen-bond donors (Lipinski definition) is 0. The van der Waals surface area contributed by atoms with Crippen molar-refractivity contribution < 1.29 is 4.79 Å². The number of carbonyl (C=O) groups is 1. The van der Waals surface area contributed by atoms with Crippen LogP contribution >= 0.6 is 0 Å². The van der Waals surface area contributed by atoms with Crippen molar-refractivity contribution in [2.75, 3.05) is 0 Å². The molecule has 1 saturated carbocycles. The molecule has 0 heterocycles. The van der Waals surface area contributed by atoms with Gasteiger partial charge in [0.05, 0.1) is 5.92 Å². The second kappa shape index (κ2) is 9.37. The summed E-state index contributed by atoms with van der Waals surface area (Å²) in [5, 5.41) is 0. The van der Waals surface area contributed by atoms with Crippen molar-refractivity contribution in [3.8, 4) is 0 Å². The summed E-state index contributed by atoms with van der Waals surface area (Å²) < 4.78 is 0. The van der Waals surface area contributed by atoms with Crippen LogP contribution in [0.4, 0.5) is 0 Å². The maximum absolute atomic E-state index is 13.2. The molecule has 1 nitrogen and oxygen atoms in total. The van der Waals surface area contributed by atoms with Crippen LogP contribution in [0.5, 0.6) is 0 Å². The molecule has 2 atom stereocenters. The van der Waals surface area contributed by atoms with Gasteiger partial charge in [0.2, 0.25) is 0 Å². The van der Waals surface area contributed by atoms with E-state index in [0.717, 1.165) is 31.6 Å². The molecule has 1 unspecified atom stereocenters. The van der Waals surface area contributed by atoms with E-state index >= 15 is 0 Å². The summed E-state index contributed by atoms with van der Waals surface area (Å²) in [5.41, 5.74) is 9.43. The molecule has 0 saturated heterocycles. The average Bonchev–Trinajstić information content (AvgIpc) is 2.89. The molecule has 3 aromatic rings. The van der Waals surface area contributed by atoms with Crippen LogP contribution in [0.15, 0.2) is 72.8 Å². The third kappa shape index (κ3) is 4.17. The molecule has 172 valence electrons. The highest BCUT2D eigenvalue weighted by Crippen LogP contribution is 2.45. The zero-order valence-corrected chi connectivity index (χ0v) is 20.0. The lowest BCUT2D eigenvalue weighted by atomic mass is 9.69. The number of aryl methyl sites for hydroxylation is 1. The number of fused-ring (bicyclic) bond motifs is 2. The molecule has 3 aromatic carbocycles. The van der Waals surface area contributed by atoms with E-state index in [0.29, 0.717) is 0 Å². The summed E-state index contributed by atoms with van der Waals surface area (Å²) in [4.78, 5) is 13.2. The van der Waals surface area contributed by atoms with Gasteiger partial charge in [0.1, 0.15) is 0 Å². The first-order valence-corrected chi connectivity index (χ1v) is 13.3. The molecule has 0 amide bonds. The van der Waals surface area contributed by atoms with Gasteiger partial charge in [0.15, 0.2) is 5.78 Å². The van der Waals surface area contributed by atoms with Crippen molar-refractivity contribution in [1.29, 1.82) is 0 Å². The summed E-state index contributed by atoms with van der Waals surface area (Å²) >= 11 is 0. The van der Waals surface area contributed by atoms with Gasteiger partial charge in [-0.15, -0.1) is 0 Å². The Hall–Kier alpha value is -2.93. The van der Waals surface area contributed by atoms with E-state index in [9.17, 15) is 4.79 Å². The van der Waals surface area contributed by atoms with Gasteiger partial charge >= 0.3 is 0 Å². The van der Waals surface area contributed by atoms with Crippen molar-refractivity contribution in [2.45, 2.75) is 75.5 Å². The lowest BCUT2D eigenvalue weighted by molar-refractivity contribution is -0.116. The van der Waals surface area contributed by atoms with Gasteiger partial charge in [-0.2, -0.15) is 0 Å². The number of hydrogen-bond acceptors (Lipinski definition) is 1. The summed E-state index contributed by atoms with van der Waals surface area (Å²) in [7, 11) is 0. The molecular formula is C33H34O. The monoisotopic (exact) mass is 446 g/mol. The van der Waals surface area contributed by atoms with Crippen molar-refractivity contribution in [2.24, 2.45) is 0 Å². The average molecular weight is 447 g/mol. The summed E-state index contributed by atoms with van der Waals surface area (Å²) in [6, 6.07) is 24.9. The Bertz CT molecular complexity index is 1210. The van der Waals surface area contributed by atoms with Crippen LogP contribution in [0.2, 0.25) is 0 Å². The topological polar surface area (TPSA) is 17.1 Å². The standard InChI is InChI=1S/C33H34O/c34-32-20-19-28-18-15-24(21-23-13-16-26(17-14-23)25-7-2-1-3-8-25)22-31(28)33(32)30-12-6-10-27-9-4-5-11-29(27)30/h4-5,9,11,13-20,22,25,30,33H,1-3,6-8,10,12,21H2/t30-,33?/m0/s1. The summed E-state index contributed by atoms with van der Waals surface area (Å²) in [5.74, 6) is 1.24. The summed E-state index contributed by atoms with van der Waals surface area (Å²) in [6.45, 7) is 0. The van der Waals surface area contributed by atoms with Crippen LogP contribution < -0.4 is 0 Å². The number of allylic oxidation sites excluding steroid dienone is 1. The third-order valence-corrected chi connectivity index (χ3v) is 8.50. The van der Waals surface area contributed by atoms with Gasteiger partial charge in [-0.3, -0.25) is 4.79 Å². The number of rotatable bonds is 4. The van der Waals surface area contributed by atoms with Crippen molar-refractivity contribution in [3.05, 3.63) is 112 Å². The quantitative estimate of drug-likeness (QED) is 0.395. The lowest BCUT2D eigenvalue weighted by Crippen LogP contribution is -2.25. The second-order valence-electron chi connectivity index (χ2n) is 10.6. The molecule has 1 heteroatoms. The number of carbonyl (C=O) groups excluding carboxylic acids is 1. The smallest absolute Gasteiger partial charge is 0.163 e. The van der Waals surface area contributed by atoms with Crippen LogP contribution in [-0.2, 0) is 17.6 Å². The summed E-state index contributed by atoms with van der Waals surface area (Å²) in [6.07, 6.45) is 15.0. The van der Waals surface area contributed by atoms with E-state index in [1.54, 1.807) is 0 Å². The van der Waals surface area contributed by atoms with Crippen LogP contribution in [0.25, 0.3) is 6.08 Å². The predicted molar refractivity (Wildman–Crippen MR) is 140 cm³/mol. The van der Waals surface area contributed by atoms with Gasteiger partial charge < -0.3 is 0 Å².